The molecule has 0 amide bonds. The lowest BCUT2D eigenvalue weighted by molar-refractivity contribution is 1.11. The van der Waals surface area contributed by atoms with Gasteiger partial charge in [0.05, 0.1) is 11.0 Å². The second-order valence-electron chi connectivity index (χ2n) is 4.99. The number of nitrogens with zero attached hydrogens (tertiary/aromatic N) is 2. The Kier molecular flexibility index (Phi) is 2.06. The molecular formula is C17H14N2. The number of hydrogen-bond donors (Lipinski definition) is 0. The molecule has 2 nitrogen and oxygen atoms in total. The van der Waals surface area contributed by atoms with Gasteiger partial charge in [0.2, 0.25) is 0 Å². The van der Waals surface area contributed by atoms with Crippen LogP contribution in [-0.2, 0) is 0 Å². The van der Waals surface area contributed by atoms with Gasteiger partial charge in [0.15, 0.2) is 0 Å². The van der Waals surface area contributed by atoms with Crippen LogP contribution in [0.2, 0.25) is 0 Å². The normalized spacial score (nSPS) is 11.4. The Morgan fingerprint density at radius 2 is 1.53 bits per heavy atom. The molecule has 0 atom stereocenters. The quantitative estimate of drug-likeness (QED) is 0.476. The van der Waals surface area contributed by atoms with E-state index in [-0.39, 0.29) is 0 Å². The van der Waals surface area contributed by atoms with Crippen molar-refractivity contribution in [3.8, 4) is 11.1 Å². The smallest absolute Gasteiger partial charge is 0.0699 e. The first-order valence-corrected chi connectivity index (χ1v) is 6.46. The van der Waals surface area contributed by atoms with Gasteiger partial charge in [0.1, 0.15) is 0 Å². The SMILES string of the molecule is Cc1ccc(-c2cc3c4cccn4ccn3c2)cc1. The van der Waals surface area contributed by atoms with Crippen molar-refractivity contribution < 1.29 is 0 Å². The summed E-state index contributed by atoms with van der Waals surface area (Å²) < 4.78 is 4.33. The Hall–Kier alpha value is -2.48. The minimum absolute atomic E-state index is 1.24. The minimum Gasteiger partial charge on any atom is -0.320 e. The molecule has 0 radical (unpaired) electrons. The first kappa shape index (κ1) is 10.4. The maximum absolute atomic E-state index is 2.25. The Bertz CT molecular complexity index is 863. The van der Waals surface area contributed by atoms with E-state index in [0.717, 1.165) is 0 Å². The van der Waals surface area contributed by atoms with Gasteiger partial charge in [-0.3, -0.25) is 0 Å². The first-order valence-electron chi connectivity index (χ1n) is 6.46. The van der Waals surface area contributed by atoms with E-state index in [1.807, 2.05) is 0 Å². The van der Waals surface area contributed by atoms with Gasteiger partial charge in [-0.1, -0.05) is 29.8 Å². The van der Waals surface area contributed by atoms with Crippen LogP contribution in [0.25, 0.3) is 22.2 Å². The molecule has 4 rings (SSSR count). The van der Waals surface area contributed by atoms with Crippen LogP contribution in [0.3, 0.4) is 0 Å². The monoisotopic (exact) mass is 246 g/mol. The number of benzene rings is 1. The fourth-order valence-electron chi connectivity index (χ4n) is 2.60. The third-order valence-corrected chi connectivity index (χ3v) is 3.66. The zero-order valence-corrected chi connectivity index (χ0v) is 10.7. The average molecular weight is 246 g/mol. The molecule has 0 fully saturated rings. The molecule has 0 spiro atoms. The molecule has 0 bridgehead atoms. The van der Waals surface area contributed by atoms with E-state index in [1.165, 1.54) is 27.7 Å². The minimum atomic E-state index is 1.24. The van der Waals surface area contributed by atoms with E-state index >= 15 is 0 Å². The lowest BCUT2D eigenvalue weighted by atomic mass is 10.1. The molecule has 0 aliphatic carbocycles. The van der Waals surface area contributed by atoms with Crippen molar-refractivity contribution in [3.63, 3.8) is 0 Å². The highest BCUT2D eigenvalue weighted by molar-refractivity contribution is 5.82. The molecular weight excluding hydrogens is 232 g/mol. The Balaban J connectivity index is 1.98. The van der Waals surface area contributed by atoms with E-state index < -0.39 is 0 Å². The van der Waals surface area contributed by atoms with Crippen molar-refractivity contribution in [1.82, 2.24) is 8.80 Å². The Morgan fingerprint density at radius 3 is 2.37 bits per heavy atom. The van der Waals surface area contributed by atoms with Gasteiger partial charge >= 0.3 is 0 Å². The summed E-state index contributed by atoms with van der Waals surface area (Å²) in [5, 5.41) is 0. The van der Waals surface area contributed by atoms with E-state index in [2.05, 4.69) is 83.0 Å². The van der Waals surface area contributed by atoms with Crippen molar-refractivity contribution in [1.29, 1.82) is 0 Å². The van der Waals surface area contributed by atoms with Crippen LogP contribution < -0.4 is 0 Å². The van der Waals surface area contributed by atoms with Crippen LogP contribution in [0.5, 0.6) is 0 Å². The predicted octanol–water partition coefficient (Wildman–Crippen LogP) is 4.17. The molecule has 0 unspecified atom stereocenters. The van der Waals surface area contributed by atoms with Gasteiger partial charge in [0, 0.05) is 30.4 Å². The molecule has 3 heterocycles. The van der Waals surface area contributed by atoms with Crippen LogP contribution >= 0.6 is 0 Å². The largest absolute Gasteiger partial charge is 0.320 e. The van der Waals surface area contributed by atoms with Gasteiger partial charge in [-0.25, -0.2) is 0 Å². The van der Waals surface area contributed by atoms with Crippen molar-refractivity contribution in [3.05, 3.63) is 72.8 Å². The highest BCUT2D eigenvalue weighted by Crippen LogP contribution is 2.25. The molecule has 3 aromatic heterocycles. The lowest BCUT2D eigenvalue weighted by Gasteiger charge is -1.97. The summed E-state index contributed by atoms with van der Waals surface area (Å²) in [5.41, 5.74) is 6.29. The van der Waals surface area contributed by atoms with Gasteiger partial charge in [-0.15, -0.1) is 0 Å². The molecule has 4 aromatic rings. The fraction of sp³-hybridized carbons (Fsp3) is 0.0588. The number of hydrogen-bond acceptors (Lipinski definition) is 0. The zero-order chi connectivity index (χ0) is 12.8. The Labute approximate surface area is 111 Å². The molecule has 0 aliphatic heterocycles. The van der Waals surface area contributed by atoms with Crippen molar-refractivity contribution in [2.45, 2.75) is 6.92 Å². The molecule has 0 aliphatic rings. The topological polar surface area (TPSA) is 8.82 Å². The highest BCUT2D eigenvalue weighted by atomic mass is 15.0. The number of aryl methyl sites for hydroxylation is 1. The predicted molar refractivity (Wildman–Crippen MR) is 78.5 cm³/mol. The third-order valence-electron chi connectivity index (χ3n) is 3.66. The standard InChI is InChI=1S/C17H14N2/c1-13-4-6-14(7-5-13)15-11-17-16-3-2-8-18(16)9-10-19(17)12-15/h2-12H,1H3. The second kappa shape index (κ2) is 3.75. The summed E-state index contributed by atoms with van der Waals surface area (Å²) >= 11 is 0. The van der Waals surface area contributed by atoms with Crippen molar-refractivity contribution in [2.24, 2.45) is 0 Å². The zero-order valence-electron chi connectivity index (χ0n) is 10.7. The van der Waals surface area contributed by atoms with Gasteiger partial charge in [-0.2, -0.15) is 0 Å². The molecule has 19 heavy (non-hydrogen) atoms. The molecule has 2 heteroatoms. The maximum Gasteiger partial charge on any atom is 0.0699 e. The highest BCUT2D eigenvalue weighted by Gasteiger charge is 2.05. The summed E-state index contributed by atoms with van der Waals surface area (Å²) in [4.78, 5) is 0. The average Bonchev–Trinajstić information content (AvgIpc) is 3.04. The van der Waals surface area contributed by atoms with Crippen molar-refractivity contribution in [2.75, 3.05) is 0 Å². The molecule has 1 aromatic carbocycles. The molecule has 0 saturated heterocycles. The molecule has 92 valence electrons. The van der Waals surface area contributed by atoms with Gasteiger partial charge < -0.3 is 8.80 Å². The van der Waals surface area contributed by atoms with Crippen LogP contribution in [0.1, 0.15) is 5.56 Å². The maximum atomic E-state index is 2.25. The second-order valence-corrected chi connectivity index (χ2v) is 4.99. The fourth-order valence-corrected chi connectivity index (χ4v) is 2.60. The Morgan fingerprint density at radius 1 is 0.737 bits per heavy atom. The number of aromatic nitrogens is 2. The summed E-state index contributed by atoms with van der Waals surface area (Å²) in [7, 11) is 0. The van der Waals surface area contributed by atoms with E-state index in [4.69, 9.17) is 0 Å². The van der Waals surface area contributed by atoms with E-state index in [0.29, 0.717) is 0 Å². The summed E-state index contributed by atoms with van der Waals surface area (Å²) in [6.45, 7) is 2.12. The molecule has 0 saturated carbocycles. The van der Waals surface area contributed by atoms with Gasteiger partial charge in [-0.05, 0) is 30.7 Å². The van der Waals surface area contributed by atoms with Crippen molar-refractivity contribution >= 4 is 11.0 Å². The summed E-state index contributed by atoms with van der Waals surface area (Å²) in [6, 6.07) is 15.1. The number of fused-ring (bicyclic) bond motifs is 3. The van der Waals surface area contributed by atoms with Crippen LogP contribution in [0, 0.1) is 6.92 Å². The molecule has 0 N–H and O–H groups in total. The van der Waals surface area contributed by atoms with Crippen LogP contribution in [0.15, 0.2) is 67.3 Å². The summed E-state index contributed by atoms with van der Waals surface area (Å²) in [5.74, 6) is 0. The van der Waals surface area contributed by atoms with E-state index in [9.17, 15) is 0 Å². The lowest BCUT2D eigenvalue weighted by Crippen LogP contribution is -1.87. The number of rotatable bonds is 1. The summed E-state index contributed by atoms with van der Waals surface area (Å²) in [6.07, 6.45) is 8.45. The first-order chi connectivity index (χ1) is 9.31. The van der Waals surface area contributed by atoms with Gasteiger partial charge in [0.25, 0.3) is 0 Å². The van der Waals surface area contributed by atoms with Crippen LogP contribution in [0.4, 0.5) is 0 Å². The third kappa shape index (κ3) is 1.57. The van der Waals surface area contributed by atoms with E-state index in [1.54, 1.807) is 0 Å². The van der Waals surface area contributed by atoms with Crippen LogP contribution in [-0.4, -0.2) is 8.80 Å².